The molecule has 0 radical (unpaired) electrons. The monoisotopic (exact) mass is 453 g/mol. The molecule has 2 aromatic rings. The molecule has 30 heavy (non-hydrogen) atoms. The van der Waals surface area contributed by atoms with E-state index in [2.05, 4.69) is 15.8 Å². The molecule has 0 bridgehead atoms. The first-order chi connectivity index (χ1) is 14.0. The van der Waals surface area contributed by atoms with E-state index >= 15 is 0 Å². The van der Waals surface area contributed by atoms with Crippen LogP contribution in [0.1, 0.15) is 30.0 Å². The molecule has 1 saturated heterocycles. The number of halogens is 1. The summed E-state index contributed by atoms with van der Waals surface area (Å²) in [5, 5.41) is 27.8. The van der Waals surface area contributed by atoms with Crippen molar-refractivity contribution in [3.05, 3.63) is 40.6 Å². The second-order valence-electron chi connectivity index (χ2n) is 7.31. The maximum absolute atomic E-state index is 13.0. The van der Waals surface area contributed by atoms with Gasteiger partial charge >= 0.3 is 11.9 Å². The highest BCUT2D eigenvalue weighted by atomic mass is 35.5. The Morgan fingerprint density at radius 1 is 1.30 bits per heavy atom. The van der Waals surface area contributed by atoms with E-state index < -0.39 is 40.1 Å². The molecular formula is C19H20ClN3O6S. The van der Waals surface area contributed by atoms with Crippen molar-refractivity contribution in [2.75, 3.05) is 0 Å². The number of amides is 1. The quantitative estimate of drug-likeness (QED) is 0.518. The first kappa shape index (κ1) is 22.1. The summed E-state index contributed by atoms with van der Waals surface area (Å²) < 4.78 is 4.39. The van der Waals surface area contributed by atoms with E-state index in [9.17, 15) is 24.6 Å². The molecule has 11 heteroatoms. The van der Waals surface area contributed by atoms with Gasteiger partial charge in [0.2, 0.25) is 0 Å². The van der Waals surface area contributed by atoms with Gasteiger partial charge in [-0.05, 0) is 26.8 Å². The zero-order valence-corrected chi connectivity index (χ0v) is 17.9. The van der Waals surface area contributed by atoms with E-state index in [0.29, 0.717) is 10.6 Å². The number of carboxylic acids is 2. The van der Waals surface area contributed by atoms with Crippen molar-refractivity contribution in [3.63, 3.8) is 0 Å². The average molecular weight is 454 g/mol. The minimum Gasteiger partial charge on any atom is -0.480 e. The van der Waals surface area contributed by atoms with E-state index in [4.69, 9.17) is 16.1 Å². The summed E-state index contributed by atoms with van der Waals surface area (Å²) >= 11 is 7.34. The highest BCUT2D eigenvalue weighted by molar-refractivity contribution is 8.01. The van der Waals surface area contributed by atoms with Gasteiger partial charge in [0.1, 0.15) is 23.1 Å². The van der Waals surface area contributed by atoms with Gasteiger partial charge in [0.25, 0.3) is 5.91 Å². The lowest BCUT2D eigenvalue weighted by atomic mass is 10.0. The Bertz CT molecular complexity index is 1010. The van der Waals surface area contributed by atoms with Crippen molar-refractivity contribution in [1.82, 2.24) is 15.8 Å². The molecule has 1 amide bonds. The van der Waals surface area contributed by atoms with Crippen LogP contribution in [0.4, 0.5) is 0 Å². The van der Waals surface area contributed by atoms with Crippen LogP contribution >= 0.6 is 23.4 Å². The highest BCUT2D eigenvalue weighted by Crippen LogP contribution is 2.39. The predicted octanol–water partition coefficient (Wildman–Crippen LogP) is 2.38. The molecule has 3 atom stereocenters. The third-order valence-corrected chi connectivity index (χ3v) is 6.61. The number of carbonyl (C=O) groups excluding carboxylic acids is 1. The molecular weight excluding hydrogens is 434 g/mol. The van der Waals surface area contributed by atoms with E-state index in [-0.39, 0.29) is 17.0 Å². The molecule has 4 N–H and O–H groups in total. The molecule has 1 aliphatic rings. The fraction of sp³-hybridized carbons (Fsp3) is 0.368. The third-order valence-electron chi connectivity index (χ3n) is 4.78. The topological polar surface area (TPSA) is 142 Å². The minimum absolute atomic E-state index is 0.0615. The molecule has 160 valence electrons. The van der Waals surface area contributed by atoms with Gasteiger partial charge in [-0.3, -0.25) is 14.9 Å². The van der Waals surface area contributed by atoms with Gasteiger partial charge in [-0.2, -0.15) is 0 Å². The maximum Gasteiger partial charge on any atom is 0.328 e. The van der Waals surface area contributed by atoms with Crippen LogP contribution < -0.4 is 10.6 Å². The van der Waals surface area contributed by atoms with Gasteiger partial charge in [0.05, 0.1) is 10.4 Å². The van der Waals surface area contributed by atoms with Crippen LogP contribution in [0.3, 0.4) is 0 Å². The summed E-state index contributed by atoms with van der Waals surface area (Å²) in [6.45, 7) is 4.93. The number of benzene rings is 1. The number of hydrogen-bond donors (Lipinski definition) is 4. The first-order valence-corrected chi connectivity index (χ1v) is 10.2. The largest absolute Gasteiger partial charge is 0.480 e. The maximum atomic E-state index is 13.0. The normalized spacial score (nSPS) is 21.2. The smallest absolute Gasteiger partial charge is 0.328 e. The number of hydrogen-bond acceptors (Lipinski definition) is 7. The number of carboxylic acid groups (broad SMARTS) is 2. The Kier molecular flexibility index (Phi) is 6.11. The Morgan fingerprint density at radius 2 is 1.97 bits per heavy atom. The van der Waals surface area contributed by atoms with Gasteiger partial charge in [-0.25, -0.2) is 4.79 Å². The van der Waals surface area contributed by atoms with Crippen molar-refractivity contribution < 1.29 is 29.1 Å². The van der Waals surface area contributed by atoms with Crippen LogP contribution in [0.15, 0.2) is 28.8 Å². The molecule has 0 spiro atoms. The summed E-state index contributed by atoms with van der Waals surface area (Å²) in [5.41, 5.74) is 0.718. The fourth-order valence-electron chi connectivity index (χ4n) is 3.28. The number of thioether (sulfide) groups is 1. The van der Waals surface area contributed by atoms with Crippen molar-refractivity contribution in [1.29, 1.82) is 0 Å². The molecule has 1 aromatic carbocycles. The number of nitrogens with one attached hydrogen (secondary N) is 2. The molecule has 2 heterocycles. The standard InChI is InChI=1S/C19H20ClN3O6S/c1-8-11(12(23-29-8)9-6-4-5-7-10(9)20)15(24)21-13(17(25)26)16-22-14(18(27)28)19(2,3)30-16/h4-7,13-14,16,22H,1-3H3,(H,21,24)(H,25,26)(H,27,28). The highest BCUT2D eigenvalue weighted by Gasteiger charge is 2.49. The lowest BCUT2D eigenvalue weighted by Gasteiger charge is -2.22. The van der Waals surface area contributed by atoms with Crippen LogP contribution in [0, 0.1) is 6.92 Å². The number of nitrogens with zero attached hydrogens (tertiary/aromatic N) is 1. The Hall–Kier alpha value is -2.56. The van der Waals surface area contributed by atoms with Crippen LogP contribution in [-0.2, 0) is 9.59 Å². The van der Waals surface area contributed by atoms with Gasteiger partial charge in [0.15, 0.2) is 6.04 Å². The van der Waals surface area contributed by atoms with Crippen LogP contribution in [0.25, 0.3) is 11.3 Å². The van der Waals surface area contributed by atoms with Crippen molar-refractivity contribution in [3.8, 4) is 11.3 Å². The minimum atomic E-state index is -1.39. The Balaban J connectivity index is 1.90. The lowest BCUT2D eigenvalue weighted by molar-refractivity contribution is -0.142. The third kappa shape index (κ3) is 4.16. The SMILES string of the molecule is Cc1onc(-c2ccccc2Cl)c1C(=O)NC(C(=O)O)C1NC(C(=O)O)C(C)(C)S1. The summed E-state index contributed by atoms with van der Waals surface area (Å²) in [6.07, 6.45) is 0. The number of carbonyl (C=O) groups is 3. The number of aliphatic carboxylic acids is 2. The summed E-state index contributed by atoms with van der Waals surface area (Å²) in [4.78, 5) is 36.4. The van der Waals surface area contributed by atoms with Crippen LogP contribution in [-0.4, -0.2) is 55.4 Å². The molecule has 3 unspecified atom stereocenters. The van der Waals surface area contributed by atoms with Crippen molar-refractivity contribution >= 4 is 41.2 Å². The predicted molar refractivity (Wildman–Crippen MR) is 111 cm³/mol. The van der Waals surface area contributed by atoms with Crippen LogP contribution in [0.5, 0.6) is 0 Å². The number of aryl methyl sites for hydroxylation is 1. The first-order valence-electron chi connectivity index (χ1n) is 8.94. The van der Waals surface area contributed by atoms with Gasteiger partial charge < -0.3 is 20.1 Å². The van der Waals surface area contributed by atoms with Crippen molar-refractivity contribution in [2.24, 2.45) is 0 Å². The molecule has 9 nitrogen and oxygen atoms in total. The number of aromatic nitrogens is 1. The molecule has 1 aromatic heterocycles. The van der Waals surface area contributed by atoms with Gasteiger partial charge in [-0.15, -0.1) is 11.8 Å². The fourth-order valence-corrected chi connectivity index (χ4v) is 4.99. The average Bonchev–Trinajstić information content (AvgIpc) is 3.19. The summed E-state index contributed by atoms with van der Waals surface area (Å²) in [7, 11) is 0. The van der Waals surface area contributed by atoms with Crippen molar-refractivity contribution in [2.45, 2.75) is 43.0 Å². The molecule has 0 aliphatic carbocycles. The summed E-state index contributed by atoms with van der Waals surface area (Å²) in [6, 6.07) is 4.39. The second kappa shape index (κ2) is 8.29. The zero-order valence-electron chi connectivity index (χ0n) is 16.3. The van der Waals surface area contributed by atoms with Crippen LogP contribution in [0.2, 0.25) is 5.02 Å². The van der Waals surface area contributed by atoms with E-state index in [1.807, 2.05) is 0 Å². The van der Waals surface area contributed by atoms with E-state index in [0.717, 1.165) is 11.8 Å². The van der Waals surface area contributed by atoms with Gasteiger partial charge in [0, 0.05) is 10.3 Å². The Morgan fingerprint density at radius 3 is 2.53 bits per heavy atom. The Labute approximate surface area is 181 Å². The van der Waals surface area contributed by atoms with E-state index in [1.165, 1.54) is 6.92 Å². The van der Waals surface area contributed by atoms with E-state index in [1.54, 1.807) is 38.1 Å². The molecule has 3 rings (SSSR count). The zero-order chi connectivity index (χ0) is 22.2. The number of rotatable bonds is 6. The molecule has 0 saturated carbocycles. The lowest BCUT2D eigenvalue weighted by Crippen LogP contribution is -2.53. The van der Waals surface area contributed by atoms with Gasteiger partial charge in [-0.1, -0.05) is 35.0 Å². The summed E-state index contributed by atoms with van der Waals surface area (Å²) in [5.74, 6) is -2.91. The molecule has 1 fully saturated rings. The molecule has 1 aliphatic heterocycles. The second-order valence-corrected chi connectivity index (χ2v) is 9.51.